The quantitative estimate of drug-likeness (QED) is 0.299. The number of hydrogen-bond donors (Lipinski definition) is 2. The first-order valence-corrected chi connectivity index (χ1v) is 10.5. The number of nitriles is 1. The molecular formula is C26H19ClN4O2. The van der Waals surface area contributed by atoms with E-state index in [0.29, 0.717) is 22.0 Å². The van der Waals surface area contributed by atoms with Crippen molar-refractivity contribution in [1.29, 1.82) is 5.26 Å². The highest BCUT2D eigenvalue weighted by Gasteiger charge is 2.14. The van der Waals surface area contributed by atoms with Crippen LogP contribution in [0.1, 0.15) is 5.56 Å². The van der Waals surface area contributed by atoms with Crippen LogP contribution in [-0.4, -0.2) is 16.4 Å². The molecule has 1 aromatic heterocycles. The van der Waals surface area contributed by atoms with Gasteiger partial charge in [0.15, 0.2) is 0 Å². The van der Waals surface area contributed by atoms with Crippen LogP contribution in [0.2, 0.25) is 5.02 Å². The number of benzene rings is 3. The minimum absolute atomic E-state index is 0.0541. The zero-order valence-electron chi connectivity index (χ0n) is 17.5. The fourth-order valence-corrected chi connectivity index (χ4v) is 3.56. The summed E-state index contributed by atoms with van der Waals surface area (Å²) >= 11 is 5.88. The summed E-state index contributed by atoms with van der Waals surface area (Å²) in [5.41, 5.74) is 2.68. The third-order valence-corrected chi connectivity index (χ3v) is 5.21. The second-order valence-electron chi connectivity index (χ2n) is 7.27. The molecule has 0 unspecified atom stereocenters. The predicted octanol–water partition coefficient (Wildman–Crippen LogP) is 5.48. The molecule has 0 fully saturated rings. The number of nitrogens with zero attached hydrogens (tertiary/aromatic N) is 2. The molecule has 0 saturated carbocycles. The maximum Gasteiger partial charge on any atom is 0.266 e. The molecule has 0 bridgehead atoms. The molecule has 162 valence electrons. The lowest BCUT2D eigenvalue weighted by Gasteiger charge is -2.07. The van der Waals surface area contributed by atoms with Crippen molar-refractivity contribution in [2.24, 2.45) is 0 Å². The number of nitrogens with one attached hydrogen (secondary N) is 2. The molecule has 2 amide bonds. The van der Waals surface area contributed by atoms with Gasteiger partial charge in [0.2, 0.25) is 5.91 Å². The Morgan fingerprint density at radius 3 is 2.30 bits per heavy atom. The van der Waals surface area contributed by atoms with Crippen LogP contribution in [0.5, 0.6) is 0 Å². The highest BCUT2D eigenvalue weighted by Crippen LogP contribution is 2.24. The number of carbonyl (C=O) groups is 2. The Kier molecular flexibility index (Phi) is 6.53. The first kappa shape index (κ1) is 21.9. The van der Waals surface area contributed by atoms with E-state index in [1.54, 1.807) is 35.0 Å². The van der Waals surface area contributed by atoms with Crippen molar-refractivity contribution < 1.29 is 9.59 Å². The zero-order valence-corrected chi connectivity index (χ0v) is 18.2. The number of rotatable bonds is 6. The molecule has 0 saturated heterocycles. The topological polar surface area (TPSA) is 86.9 Å². The van der Waals surface area contributed by atoms with Crippen LogP contribution < -0.4 is 10.6 Å². The molecule has 0 aliphatic rings. The fraction of sp³-hybridized carbons (Fsp3) is 0.0385. The third kappa shape index (κ3) is 5.29. The summed E-state index contributed by atoms with van der Waals surface area (Å²) in [7, 11) is 0. The molecule has 2 N–H and O–H groups in total. The average molecular weight is 455 g/mol. The fourth-order valence-electron chi connectivity index (χ4n) is 3.43. The van der Waals surface area contributed by atoms with Gasteiger partial charge in [-0.3, -0.25) is 9.59 Å². The van der Waals surface area contributed by atoms with E-state index in [2.05, 4.69) is 10.6 Å². The SMILES string of the molecule is N#C/C(=C\c1cn(CC(=O)Nc2ccccc2)c2ccccc12)C(=O)Nc1ccc(Cl)cc1. The van der Waals surface area contributed by atoms with Gasteiger partial charge in [0.1, 0.15) is 18.2 Å². The molecule has 0 radical (unpaired) electrons. The number of amides is 2. The van der Waals surface area contributed by atoms with E-state index in [9.17, 15) is 14.9 Å². The molecule has 0 aliphatic carbocycles. The smallest absolute Gasteiger partial charge is 0.266 e. The highest BCUT2D eigenvalue weighted by atomic mass is 35.5. The van der Waals surface area contributed by atoms with E-state index in [1.165, 1.54) is 6.08 Å². The molecule has 0 atom stereocenters. The van der Waals surface area contributed by atoms with Crippen molar-refractivity contribution in [3.63, 3.8) is 0 Å². The molecule has 4 rings (SSSR count). The van der Waals surface area contributed by atoms with E-state index in [1.807, 2.05) is 60.7 Å². The summed E-state index contributed by atoms with van der Waals surface area (Å²) in [4.78, 5) is 25.2. The van der Waals surface area contributed by atoms with Crippen molar-refractivity contribution in [2.45, 2.75) is 6.54 Å². The van der Waals surface area contributed by atoms with Crippen molar-refractivity contribution >= 4 is 51.8 Å². The lowest BCUT2D eigenvalue weighted by molar-refractivity contribution is -0.116. The summed E-state index contributed by atoms with van der Waals surface area (Å²) in [5.74, 6) is -0.711. The van der Waals surface area contributed by atoms with Gasteiger partial charge in [0, 0.05) is 39.1 Å². The molecule has 33 heavy (non-hydrogen) atoms. The minimum Gasteiger partial charge on any atom is -0.337 e. The maximum absolute atomic E-state index is 12.7. The first-order chi connectivity index (χ1) is 16.0. The van der Waals surface area contributed by atoms with Crippen LogP contribution in [0.3, 0.4) is 0 Å². The molecule has 7 heteroatoms. The van der Waals surface area contributed by atoms with Crippen LogP contribution in [0.25, 0.3) is 17.0 Å². The van der Waals surface area contributed by atoms with Gasteiger partial charge in [-0.1, -0.05) is 48.0 Å². The minimum atomic E-state index is -0.529. The summed E-state index contributed by atoms with van der Waals surface area (Å²) < 4.78 is 1.80. The predicted molar refractivity (Wildman–Crippen MR) is 131 cm³/mol. The van der Waals surface area contributed by atoms with Crippen molar-refractivity contribution in [1.82, 2.24) is 4.57 Å². The van der Waals surface area contributed by atoms with Crippen molar-refractivity contribution in [3.8, 4) is 6.07 Å². The highest BCUT2D eigenvalue weighted by molar-refractivity contribution is 6.30. The average Bonchev–Trinajstić information content (AvgIpc) is 3.16. The Morgan fingerprint density at radius 1 is 0.909 bits per heavy atom. The first-order valence-electron chi connectivity index (χ1n) is 10.1. The Hall–Kier alpha value is -4.34. The zero-order chi connectivity index (χ0) is 23.2. The second kappa shape index (κ2) is 9.86. The molecule has 1 heterocycles. The molecule has 0 aliphatic heterocycles. The number of carbonyl (C=O) groups excluding carboxylic acids is 2. The Morgan fingerprint density at radius 2 is 1.58 bits per heavy atom. The summed E-state index contributed by atoms with van der Waals surface area (Å²) in [6, 6.07) is 25.3. The number of anilines is 2. The van der Waals surface area contributed by atoms with Gasteiger partial charge < -0.3 is 15.2 Å². The summed E-state index contributed by atoms with van der Waals surface area (Å²) in [6.45, 7) is 0.0854. The van der Waals surface area contributed by atoms with Gasteiger partial charge in [0.25, 0.3) is 5.91 Å². The number of para-hydroxylation sites is 2. The Labute approximate surface area is 195 Å². The van der Waals surface area contributed by atoms with Gasteiger partial charge in [-0.05, 0) is 48.5 Å². The normalized spacial score (nSPS) is 11.1. The maximum atomic E-state index is 12.7. The van der Waals surface area contributed by atoms with E-state index < -0.39 is 5.91 Å². The van der Waals surface area contributed by atoms with Crippen LogP contribution >= 0.6 is 11.6 Å². The van der Waals surface area contributed by atoms with Gasteiger partial charge in [0.05, 0.1) is 0 Å². The summed E-state index contributed by atoms with van der Waals surface area (Å²) in [6.07, 6.45) is 3.29. The van der Waals surface area contributed by atoms with E-state index >= 15 is 0 Å². The molecular weight excluding hydrogens is 436 g/mol. The molecule has 6 nitrogen and oxygen atoms in total. The van der Waals surface area contributed by atoms with Crippen LogP contribution in [-0.2, 0) is 16.1 Å². The van der Waals surface area contributed by atoms with Crippen LogP contribution in [0, 0.1) is 11.3 Å². The number of fused-ring (bicyclic) bond motifs is 1. The Bertz CT molecular complexity index is 1380. The molecule has 4 aromatic rings. The molecule has 0 spiro atoms. The van der Waals surface area contributed by atoms with E-state index in [4.69, 9.17) is 11.6 Å². The Balaban J connectivity index is 1.60. The van der Waals surface area contributed by atoms with Gasteiger partial charge in [-0.2, -0.15) is 5.26 Å². The van der Waals surface area contributed by atoms with Crippen molar-refractivity contribution in [3.05, 3.63) is 101 Å². The number of aromatic nitrogens is 1. The van der Waals surface area contributed by atoms with Gasteiger partial charge in [-0.25, -0.2) is 0 Å². The summed E-state index contributed by atoms with van der Waals surface area (Å²) in [5, 5.41) is 16.5. The second-order valence-corrected chi connectivity index (χ2v) is 7.71. The monoisotopic (exact) mass is 454 g/mol. The van der Waals surface area contributed by atoms with Crippen LogP contribution in [0.15, 0.2) is 90.6 Å². The van der Waals surface area contributed by atoms with Crippen molar-refractivity contribution in [2.75, 3.05) is 10.6 Å². The van der Waals surface area contributed by atoms with Gasteiger partial charge in [-0.15, -0.1) is 0 Å². The lowest BCUT2D eigenvalue weighted by Crippen LogP contribution is -2.18. The number of hydrogen-bond acceptors (Lipinski definition) is 3. The van der Waals surface area contributed by atoms with Crippen LogP contribution in [0.4, 0.5) is 11.4 Å². The standard InChI is InChI=1S/C26H19ClN4O2/c27-20-10-12-22(13-11-20)30-26(33)18(15-28)14-19-16-31(24-9-5-4-8-23(19)24)17-25(32)29-21-6-2-1-3-7-21/h1-14,16H,17H2,(H,29,32)(H,30,33)/b18-14+. The largest absolute Gasteiger partial charge is 0.337 e. The molecule has 3 aromatic carbocycles. The lowest BCUT2D eigenvalue weighted by atomic mass is 10.1. The third-order valence-electron chi connectivity index (χ3n) is 4.96. The van der Waals surface area contributed by atoms with E-state index in [0.717, 1.165) is 10.9 Å². The van der Waals surface area contributed by atoms with Gasteiger partial charge >= 0.3 is 0 Å². The number of halogens is 1. The van der Waals surface area contributed by atoms with E-state index in [-0.39, 0.29) is 18.0 Å².